The maximum atomic E-state index is 11.7. The van der Waals surface area contributed by atoms with Crippen molar-refractivity contribution >= 4 is 5.91 Å². The lowest BCUT2D eigenvalue weighted by molar-refractivity contribution is -0.127. The molecule has 0 aromatic rings. The highest BCUT2D eigenvalue weighted by Gasteiger charge is 2.37. The largest absolute Gasteiger partial charge is 0.352 e. The zero-order chi connectivity index (χ0) is 9.31. The van der Waals surface area contributed by atoms with E-state index in [1.807, 2.05) is 0 Å². The van der Waals surface area contributed by atoms with Gasteiger partial charge in [-0.25, -0.2) is 0 Å². The topological polar surface area (TPSA) is 55.1 Å². The second-order valence-electron chi connectivity index (χ2n) is 4.46. The lowest BCUT2D eigenvalue weighted by atomic mass is 9.82. The first-order chi connectivity index (χ1) is 6.21. The van der Waals surface area contributed by atoms with Gasteiger partial charge >= 0.3 is 0 Å². The van der Waals surface area contributed by atoms with Crippen molar-refractivity contribution in [3.8, 4) is 0 Å². The van der Waals surface area contributed by atoms with E-state index in [4.69, 9.17) is 5.73 Å². The standard InChI is InChI=1S/C10H18N2O/c11-10(6-2-1-3-7-10)9(13)12-8-4-5-8/h8H,1-7,11H2,(H,12,13). The van der Waals surface area contributed by atoms with Crippen LogP contribution >= 0.6 is 0 Å². The number of hydrogen-bond acceptors (Lipinski definition) is 2. The lowest BCUT2D eigenvalue weighted by Gasteiger charge is -2.31. The third-order valence-corrected chi connectivity index (χ3v) is 3.11. The van der Waals surface area contributed by atoms with Gasteiger partial charge in [0.15, 0.2) is 0 Å². The predicted molar refractivity (Wildman–Crippen MR) is 51.2 cm³/mol. The summed E-state index contributed by atoms with van der Waals surface area (Å²) in [4.78, 5) is 11.7. The van der Waals surface area contributed by atoms with Crippen molar-refractivity contribution < 1.29 is 4.79 Å². The molecule has 0 bridgehead atoms. The Morgan fingerprint density at radius 1 is 1.23 bits per heavy atom. The number of nitrogens with one attached hydrogen (secondary N) is 1. The number of hydrogen-bond donors (Lipinski definition) is 2. The highest BCUT2D eigenvalue weighted by Crippen LogP contribution is 2.27. The first-order valence-corrected chi connectivity index (χ1v) is 5.31. The first-order valence-electron chi connectivity index (χ1n) is 5.31. The summed E-state index contributed by atoms with van der Waals surface area (Å²) in [7, 11) is 0. The summed E-state index contributed by atoms with van der Waals surface area (Å²) < 4.78 is 0. The fraction of sp³-hybridized carbons (Fsp3) is 0.900. The average Bonchev–Trinajstić information content (AvgIpc) is 2.89. The van der Waals surface area contributed by atoms with Gasteiger partial charge in [0, 0.05) is 6.04 Å². The van der Waals surface area contributed by atoms with Crippen molar-refractivity contribution in [2.24, 2.45) is 5.73 Å². The molecule has 3 heteroatoms. The fourth-order valence-electron chi connectivity index (χ4n) is 1.97. The molecule has 3 N–H and O–H groups in total. The van der Waals surface area contributed by atoms with E-state index in [0.717, 1.165) is 38.5 Å². The quantitative estimate of drug-likeness (QED) is 0.667. The van der Waals surface area contributed by atoms with Crippen molar-refractivity contribution in [2.45, 2.75) is 56.5 Å². The third-order valence-electron chi connectivity index (χ3n) is 3.11. The summed E-state index contributed by atoms with van der Waals surface area (Å²) >= 11 is 0. The molecule has 3 nitrogen and oxygen atoms in total. The van der Waals surface area contributed by atoms with Gasteiger partial charge in [0.2, 0.25) is 5.91 Å². The highest BCUT2D eigenvalue weighted by molar-refractivity contribution is 5.86. The number of carbonyl (C=O) groups is 1. The van der Waals surface area contributed by atoms with E-state index in [1.54, 1.807) is 0 Å². The van der Waals surface area contributed by atoms with Gasteiger partial charge in [0.05, 0.1) is 5.54 Å². The number of amides is 1. The third kappa shape index (κ3) is 2.02. The van der Waals surface area contributed by atoms with E-state index in [0.29, 0.717) is 6.04 Å². The Morgan fingerprint density at radius 3 is 2.38 bits per heavy atom. The normalized spacial score (nSPS) is 26.8. The molecule has 2 rings (SSSR count). The van der Waals surface area contributed by atoms with E-state index in [2.05, 4.69) is 5.32 Å². The number of nitrogens with two attached hydrogens (primary N) is 1. The van der Waals surface area contributed by atoms with Crippen LogP contribution in [0.25, 0.3) is 0 Å². The molecule has 13 heavy (non-hydrogen) atoms. The summed E-state index contributed by atoms with van der Waals surface area (Å²) in [6.45, 7) is 0. The van der Waals surface area contributed by atoms with Crippen LogP contribution < -0.4 is 11.1 Å². The van der Waals surface area contributed by atoms with Crippen LogP contribution in [0.5, 0.6) is 0 Å². The van der Waals surface area contributed by atoms with Crippen LogP contribution in [0, 0.1) is 0 Å². The van der Waals surface area contributed by atoms with E-state index in [9.17, 15) is 4.79 Å². The fourth-order valence-corrected chi connectivity index (χ4v) is 1.97. The molecule has 0 aliphatic heterocycles. The Bertz CT molecular complexity index is 205. The lowest BCUT2D eigenvalue weighted by Crippen LogP contribution is -2.55. The number of rotatable bonds is 2. The summed E-state index contributed by atoms with van der Waals surface area (Å²) in [5.74, 6) is 0.0923. The molecule has 74 valence electrons. The van der Waals surface area contributed by atoms with Crippen LogP contribution in [-0.2, 0) is 4.79 Å². The van der Waals surface area contributed by atoms with Gasteiger partial charge in [0.1, 0.15) is 0 Å². The van der Waals surface area contributed by atoms with Gasteiger partial charge in [-0.2, -0.15) is 0 Å². The van der Waals surface area contributed by atoms with Crippen molar-refractivity contribution in [2.75, 3.05) is 0 Å². The molecule has 2 saturated carbocycles. The molecule has 0 unspecified atom stereocenters. The Balaban J connectivity index is 1.90. The molecule has 0 atom stereocenters. The van der Waals surface area contributed by atoms with E-state index >= 15 is 0 Å². The SMILES string of the molecule is NC1(C(=O)NC2CC2)CCCCC1. The second-order valence-corrected chi connectivity index (χ2v) is 4.46. The van der Waals surface area contributed by atoms with Gasteiger partial charge in [0.25, 0.3) is 0 Å². The Labute approximate surface area is 79.1 Å². The molecule has 0 aromatic carbocycles. The van der Waals surface area contributed by atoms with Gasteiger partial charge in [-0.05, 0) is 25.7 Å². The van der Waals surface area contributed by atoms with Gasteiger partial charge in [-0.15, -0.1) is 0 Å². The second kappa shape index (κ2) is 3.29. The van der Waals surface area contributed by atoms with Crippen LogP contribution in [0.4, 0.5) is 0 Å². The van der Waals surface area contributed by atoms with E-state index in [-0.39, 0.29) is 5.91 Å². The van der Waals surface area contributed by atoms with Crippen LogP contribution in [-0.4, -0.2) is 17.5 Å². The van der Waals surface area contributed by atoms with Crippen molar-refractivity contribution in [1.29, 1.82) is 0 Å². The highest BCUT2D eigenvalue weighted by atomic mass is 16.2. The Morgan fingerprint density at radius 2 is 1.85 bits per heavy atom. The zero-order valence-corrected chi connectivity index (χ0v) is 8.01. The molecule has 2 aliphatic rings. The summed E-state index contributed by atoms with van der Waals surface area (Å²) in [5, 5.41) is 3.00. The van der Waals surface area contributed by atoms with Gasteiger partial charge in [-0.1, -0.05) is 19.3 Å². The summed E-state index contributed by atoms with van der Waals surface area (Å²) in [6, 6.07) is 0.440. The maximum absolute atomic E-state index is 11.7. The van der Waals surface area contributed by atoms with Crippen LogP contribution in [0.2, 0.25) is 0 Å². The van der Waals surface area contributed by atoms with Crippen LogP contribution in [0.15, 0.2) is 0 Å². The zero-order valence-electron chi connectivity index (χ0n) is 8.01. The molecule has 2 aliphatic carbocycles. The smallest absolute Gasteiger partial charge is 0.240 e. The molecule has 0 aromatic heterocycles. The van der Waals surface area contributed by atoms with E-state index in [1.165, 1.54) is 6.42 Å². The molecular weight excluding hydrogens is 164 g/mol. The summed E-state index contributed by atoms with van der Waals surface area (Å²) in [6.07, 6.45) is 7.46. The molecule has 0 radical (unpaired) electrons. The molecule has 2 fully saturated rings. The van der Waals surface area contributed by atoms with Gasteiger partial charge in [-0.3, -0.25) is 4.79 Å². The molecular formula is C10H18N2O. The van der Waals surface area contributed by atoms with Crippen molar-refractivity contribution in [3.05, 3.63) is 0 Å². The molecule has 0 spiro atoms. The minimum atomic E-state index is -0.541. The predicted octanol–water partition coefficient (Wildman–Crippen LogP) is 0.927. The molecule has 0 saturated heterocycles. The average molecular weight is 182 g/mol. The Hall–Kier alpha value is -0.570. The Kier molecular flexibility index (Phi) is 2.28. The number of carbonyl (C=O) groups excluding carboxylic acids is 1. The molecule has 1 amide bonds. The summed E-state index contributed by atoms with van der Waals surface area (Å²) in [5.41, 5.74) is 5.53. The van der Waals surface area contributed by atoms with Crippen LogP contribution in [0.3, 0.4) is 0 Å². The van der Waals surface area contributed by atoms with Crippen molar-refractivity contribution in [1.82, 2.24) is 5.32 Å². The maximum Gasteiger partial charge on any atom is 0.240 e. The van der Waals surface area contributed by atoms with E-state index < -0.39 is 5.54 Å². The minimum absolute atomic E-state index is 0.0923. The van der Waals surface area contributed by atoms with Gasteiger partial charge < -0.3 is 11.1 Å². The monoisotopic (exact) mass is 182 g/mol. The first kappa shape index (κ1) is 9.00. The minimum Gasteiger partial charge on any atom is -0.352 e. The van der Waals surface area contributed by atoms with Crippen LogP contribution in [0.1, 0.15) is 44.9 Å². The van der Waals surface area contributed by atoms with Crippen molar-refractivity contribution in [3.63, 3.8) is 0 Å². The molecule has 0 heterocycles.